The summed E-state index contributed by atoms with van der Waals surface area (Å²) in [6.07, 6.45) is 3.35. The molecule has 0 aliphatic rings. The Morgan fingerprint density at radius 1 is 0.953 bits per heavy atom. The summed E-state index contributed by atoms with van der Waals surface area (Å²) in [6, 6.07) is 10.4. The molecule has 0 heterocycles. The molecule has 7 nitrogen and oxygen atoms in total. The molecular weight excluding hydrogens is 561 g/mol. The summed E-state index contributed by atoms with van der Waals surface area (Å²) in [5.74, 6) is -1.88. The van der Waals surface area contributed by atoms with Gasteiger partial charge in [-0.15, -0.1) is 0 Å². The Kier molecular flexibility index (Phi) is 28.7. The van der Waals surface area contributed by atoms with Gasteiger partial charge in [-0.2, -0.15) is 10.2 Å². The molecule has 0 saturated carbocycles. The lowest BCUT2D eigenvalue weighted by Gasteiger charge is -2.10. The Balaban J connectivity index is -0.000000523. The predicted octanol–water partition coefficient (Wildman–Crippen LogP) is 8.32. The molecular formula is C33H49F3N2O5. The number of halogens is 3. The lowest BCUT2D eigenvalue weighted by molar-refractivity contribution is -0.143. The number of aldehydes is 1. The quantitative estimate of drug-likeness (QED) is 0.123. The molecule has 0 spiro atoms. The van der Waals surface area contributed by atoms with E-state index in [1.54, 1.807) is 25.1 Å². The van der Waals surface area contributed by atoms with Crippen LogP contribution >= 0.6 is 0 Å². The van der Waals surface area contributed by atoms with Crippen LogP contribution in [0.2, 0.25) is 0 Å². The van der Waals surface area contributed by atoms with E-state index in [2.05, 4.69) is 14.9 Å². The molecule has 0 amide bonds. The van der Waals surface area contributed by atoms with Gasteiger partial charge in [0.15, 0.2) is 11.6 Å². The molecule has 0 saturated heterocycles. The Bertz CT molecular complexity index is 1100. The zero-order valence-corrected chi connectivity index (χ0v) is 27.3. The molecule has 1 unspecified atom stereocenters. The van der Waals surface area contributed by atoms with E-state index in [-0.39, 0.29) is 17.8 Å². The number of methoxy groups -OCH3 is 1. The number of carbonyl (C=O) groups excluding carboxylic acids is 3. The highest BCUT2D eigenvalue weighted by molar-refractivity contribution is 5.99. The molecule has 0 bridgehead atoms. The maximum Gasteiger partial charge on any atom is 0.305 e. The molecule has 2 rings (SSSR count). The second-order valence-corrected chi connectivity index (χ2v) is 8.92. The average Bonchev–Trinajstić information content (AvgIpc) is 2.98. The number of aryl methyl sites for hydroxylation is 1. The second kappa shape index (κ2) is 28.3. The van der Waals surface area contributed by atoms with E-state index < -0.39 is 11.6 Å². The molecule has 0 radical (unpaired) electrons. The van der Waals surface area contributed by atoms with Crippen molar-refractivity contribution in [1.82, 2.24) is 0 Å². The smallest absolute Gasteiger partial charge is 0.305 e. The van der Waals surface area contributed by atoms with Crippen LogP contribution in [0.5, 0.6) is 0 Å². The zero-order chi connectivity index (χ0) is 33.8. The number of nitrogens with zero attached hydrogens (tertiary/aromatic N) is 2. The number of esters is 2. The highest BCUT2D eigenvalue weighted by Crippen LogP contribution is 2.11. The van der Waals surface area contributed by atoms with Crippen LogP contribution in [0.4, 0.5) is 13.2 Å². The van der Waals surface area contributed by atoms with Crippen molar-refractivity contribution in [3.63, 3.8) is 0 Å². The van der Waals surface area contributed by atoms with Crippen molar-refractivity contribution in [2.45, 2.75) is 88.0 Å². The molecule has 2 aromatic carbocycles. The molecule has 0 aliphatic heterocycles. The van der Waals surface area contributed by atoms with Gasteiger partial charge in [0.1, 0.15) is 12.1 Å². The fourth-order valence-corrected chi connectivity index (χ4v) is 2.79. The number of benzene rings is 2. The number of hydrogen-bond donors (Lipinski definition) is 0. The Morgan fingerprint density at radius 2 is 1.51 bits per heavy atom. The van der Waals surface area contributed by atoms with Crippen molar-refractivity contribution >= 4 is 29.6 Å². The maximum atomic E-state index is 12.6. The summed E-state index contributed by atoms with van der Waals surface area (Å²) >= 11 is 0. The van der Waals surface area contributed by atoms with Crippen LogP contribution in [0.25, 0.3) is 0 Å². The lowest BCUT2D eigenvalue weighted by Crippen LogP contribution is -2.10. The number of rotatable bonds is 9. The molecule has 242 valence electrons. The highest BCUT2D eigenvalue weighted by Gasteiger charge is 2.06. The SMILES string of the molecule is CC.CC(C)=N/N=C(\C)c1ccc(F)cc1.CC=O.CCc1cccc(F)c1F.COC(=O)CCCC(C)COC(C)=O. The van der Waals surface area contributed by atoms with Crippen molar-refractivity contribution in [1.29, 1.82) is 0 Å². The van der Waals surface area contributed by atoms with Gasteiger partial charge in [0, 0.05) is 19.1 Å². The van der Waals surface area contributed by atoms with Crippen molar-refractivity contribution in [2.24, 2.45) is 16.1 Å². The summed E-state index contributed by atoms with van der Waals surface area (Å²) in [5, 5.41) is 7.94. The first-order valence-electron chi connectivity index (χ1n) is 14.2. The third-order valence-electron chi connectivity index (χ3n) is 4.95. The average molecular weight is 611 g/mol. The van der Waals surface area contributed by atoms with Gasteiger partial charge in [0.2, 0.25) is 0 Å². The normalized spacial score (nSPS) is 10.3. The number of ether oxygens (including phenoxy) is 2. The van der Waals surface area contributed by atoms with Gasteiger partial charge >= 0.3 is 11.9 Å². The van der Waals surface area contributed by atoms with Gasteiger partial charge in [-0.25, -0.2) is 13.2 Å². The molecule has 2 aromatic rings. The van der Waals surface area contributed by atoms with Gasteiger partial charge in [0.25, 0.3) is 0 Å². The van der Waals surface area contributed by atoms with E-state index in [1.165, 1.54) is 39.2 Å². The van der Waals surface area contributed by atoms with Gasteiger partial charge in [-0.3, -0.25) is 9.59 Å². The topological polar surface area (TPSA) is 94.4 Å². The van der Waals surface area contributed by atoms with Crippen LogP contribution in [0.15, 0.2) is 52.7 Å². The number of carbonyl (C=O) groups is 3. The van der Waals surface area contributed by atoms with Crippen LogP contribution in [0.1, 0.15) is 92.7 Å². The monoisotopic (exact) mass is 610 g/mol. The van der Waals surface area contributed by atoms with Gasteiger partial charge < -0.3 is 14.3 Å². The predicted molar refractivity (Wildman–Crippen MR) is 168 cm³/mol. The lowest BCUT2D eigenvalue weighted by atomic mass is 10.1. The standard InChI is InChI=1S/C11H13FN2.C10H18O4.C8H8F2.C2H4O.C2H6/c1-8(2)13-14-9(3)10-4-6-11(12)7-5-10;1-8(7-14-9(2)11)5-4-6-10(12)13-3;1-2-6-4-3-5-7(9)8(6)10;1-2-3;1-2/h4-7H,1-3H3;8H,4-7H2,1-3H3;3-5H,2H2,1H3;2H,1H3;1-2H3/b14-9+;;;;. The third kappa shape index (κ3) is 25.6. The van der Waals surface area contributed by atoms with Crippen LogP contribution in [-0.2, 0) is 30.3 Å². The number of hydrogen-bond acceptors (Lipinski definition) is 7. The van der Waals surface area contributed by atoms with E-state index in [0.717, 1.165) is 42.2 Å². The summed E-state index contributed by atoms with van der Waals surface area (Å²) < 4.78 is 47.0. The minimum absolute atomic E-state index is 0.190. The summed E-state index contributed by atoms with van der Waals surface area (Å²) in [5.41, 5.74) is 2.99. The van der Waals surface area contributed by atoms with Crippen molar-refractivity contribution in [3.8, 4) is 0 Å². The summed E-state index contributed by atoms with van der Waals surface area (Å²) in [4.78, 5) is 30.0. The van der Waals surface area contributed by atoms with Crippen molar-refractivity contribution in [3.05, 3.63) is 71.0 Å². The molecule has 0 aliphatic carbocycles. The Labute approximate surface area is 255 Å². The maximum absolute atomic E-state index is 12.6. The van der Waals surface area contributed by atoms with Crippen LogP contribution in [-0.4, -0.2) is 43.4 Å². The molecule has 43 heavy (non-hydrogen) atoms. The first kappa shape index (κ1) is 43.6. The van der Waals surface area contributed by atoms with Gasteiger partial charge in [-0.1, -0.05) is 52.0 Å². The third-order valence-corrected chi connectivity index (χ3v) is 4.95. The van der Waals surface area contributed by atoms with E-state index in [0.29, 0.717) is 30.9 Å². The Hall–Kier alpha value is -3.82. The van der Waals surface area contributed by atoms with E-state index >= 15 is 0 Å². The Morgan fingerprint density at radius 3 is 1.95 bits per heavy atom. The van der Waals surface area contributed by atoms with Gasteiger partial charge in [-0.05, 0) is 82.2 Å². The molecule has 0 fully saturated rings. The van der Waals surface area contributed by atoms with Crippen molar-refractivity contribution < 1.29 is 37.0 Å². The zero-order valence-electron chi connectivity index (χ0n) is 27.3. The van der Waals surface area contributed by atoms with Crippen LogP contribution < -0.4 is 0 Å². The van der Waals surface area contributed by atoms with Crippen LogP contribution in [0, 0.1) is 23.4 Å². The molecule has 10 heteroatoms. The second-order valence-electron chi connectivity index (χ2n) is 8.92. The highest BCUT2D eigenvalue weighted by atomic mass is 19.2. The summed E-state index contributed by atoms with van der Waals surface area (Å²) in [7, 11) is 1.38. The molecule has 0 aromatic heterocycles. The van der Waals surface area contributed by atoms with E-state index in [9.17, 15) is 22.8 Å². The molecule has 1 atom stereocenters. The fourth-order valence-electron chi connectivity index (χ4n) is 2.79. The van der Waals surface area contributed by atoms with E-state index in [4.69, 9.17) is 9.53 Å². The van der Waals surface area contributed by atoms with Crippen LogP contribution in [0.3, 0.4) is 0 Å². The first-order valence-corrected chi connectivity index (χ1v) is 14.2. The van der Waals surface area contributed by atoms with Crippen molar-refractivity contribution in [2.75, 3.05) is 13.7 Å². The molecule has 0 N–H and O–H groups in total. The fraction of sp³-hybridized carbons (Fsp3) is 0.485. The minimum Gasteiger partial charge on any atom is -0.469 e. The van der Waals surface area contributed by atoms with E-state index in [1.807, 2.05) is 41.5 Å². The van der Waals surface area contributed by atoms with Gasteiger partial charge in [0.05, 0.1) is 19.4 Å². The minimum atomic E-state index is -0.764. The summed E-state index contributed by atoms with van der Waals surface area (Å²) in [6.45, 7) is 16.6. The largest absolute Gasteiger partial charge is 0.469 e. The first-order chi connectivity index (χ1) is 20.3.